The van der Waals surface area contributed by atoms with Crippen LogP contribution in [0, 0.1) is 0 Å². The average Bonchev–Trinajstić information content (AvgIpc) is 3.21. The number of aliphatic imine (C=N–C) groups is 1. The second-order valence-electron chi connectivity index (χ2n) is 6.65. The first-order chi connectivity index (χ1) is 13.1. The molecule has 5 nitrogen and oxygen atoms in total. The topological polar surface area (TPSA) is 48.9 Å². The first-order valence-corrected chi connectivity index (χ1v) is 10.3. The fourth-order valence-corrected chi connectivity index (χ4v) is 3.71. The smallest absolute Gasteiger partial charge is 0.191 e. The van der Waals surface area contributed by atoms with Gasteiger partial charge in [-0.05, 0) is 44.4 Å². The van der Waals surface area contributed by atoms with E-state index in [2.05, 4.69) is 71.2 Å². The maximum Gasteiger partial charge on any atom is 0.191 e. The highest BCUT2D eigenvalue weighted by Crippen LogP contribution is 2.22. The maximum absolute atomic E-state index is 5.92. The number of nitrogens with zero attached hydrogens (tertiary/aromatic N) is 2. The third-order valence-corrected chi connectivity index (χ3v) is 5.41. The van der Waals surface area contributed by atoms with E-state index in [4.69, 9.17) is 4.74 Å². The standard InChI is InChI=1S/C21H32N4OS/c1-17(18-10-6-5-7-11-18)26-14-9-13-23-21(22-2)24-16-19(25(3)4)20-12-8-15-27-20/h5-8,10-12,15,17,19H,9,13-14,16H2,1-4H3,(H2,22,23,24). The lowest BCUT2D eigenvalue weighted by Crippen LogP contribution is -2.42. The van der Waals surface area contributed by atoms with E-state index in [1.54, 1.807) is 18.4 Å². The molecular weight excluding hydrogens is 356 g/mol. The van der Waals surface area contributed by atoms with E-state index in [1.165, 1.54) is 10.4 Å². The number of benzene rings is 1. The van der Waals surface area contributed by atoms with Crippen molar-refractivity contribution in [2.75, 3.05) is 40.8 Å². The SMILES string of the molecule is CN=C(NCCCOC(C)c1ccccc1)NCC(c1cccs1)N(C)C. The van der Waals surface area contributed by atoms with Crippen molar-refractivity contribution in [2.24, 2.45) is 4.99 Å². The first kappa shape index (κ1) is 21.4. The molecule has 0 saturated heterocycles. The number of rotatable bonds is 10. The van der Waals surface area contributed by atoms with E-state index in [0.29, 0.717) is 6.04 Å². The van der Waals surface area contributed by atoms with Crippen molar-refractivity contribution in [1.82, 2.24) is 15.5 Å². The summed E-state index contributed by atoms with van der Waals surface area (Å²) in [4.78, 5) is 7.90. The van der Waals surface area contributed by atoms with Gasteiger partial charge in [0.15, 0.2) is 5.96 Å². The van der Waals surface area contributed by atoms with Gasteiger partial charge in [0.1, 0.15) is 0 Å². The van der Waals surface area contributed by atoms with Gasteiger partial charge in [-0.15, -0.1) is 11.3 Å². The fourth-order valence-electron chi connectivity index (χ4n) is 2.79. The van der Waals surface area contributed by atoms with Crippen LogP contribution < -0.4 is 10.6 Å². The van der Waals surface area contributed by atoms with Crippen molar-refractivity contribution >= 4 is 17.3 Å². The molecule has 27 heavy (non-hydrogen) atoms. The molecule has 2 atom stereocenters. The molecule has 0 amide bonds. The molecule has 148 valence electrons. The summed E-state index contributed by atoms with van der Waals surface area (Å²) in [5, 5.41) is 8.91. The van der Waals surface area contributed by atoms with Gasteiger partial charge in [0.05, 0.1) is 12.1 Å². The van der Waals surface area contributed by atoms with Crippen LogP contribution in [0.5, 0.6) is 0 Å². The highest BCUT2D eigenvalue weighted by atomic mass is 32.1. The second-order valence-corrected chi connectivity index (χ2v) is 7.63. The summed E-state index contributed by atoms with van der Waals surface area (Å²) in [7, 11) is 6.01. The summed E-state index contributed by atoms with van der Waals surface area (Å²) in [6, 6.07) is 14.9. The molecule has 0 radical (unpaired) electrons. The van der Waals surface area contributed by atoms with E-state index in [-0.39, 0.29) is 6.10 Å². The lowest BCUT2D eigenvalue weighted by Gasteiger charge is -2.24. The zero-order chi connectivity index (χ0) is 19.5. The van der Waals surface area contributed by atoms with Gasteiger partial charge in [-0.1, -0.05) is 36.4 Å². The summed E-state index contributed by atoms with van der Waals surface area (Å²) in [6.07, 6.45) is 1.05. The molecule has 1 aromatic heterocycles. The largest absolute Gasteiger partial charge is 0.374 e. The Hall–Kier alpha value is -1.89. The van der Waals surface area contributed by atoms with Crippen LogP contribution >= 0.6 is 11.3 Å². The lowest BCUT2D eigenvalue weighted by molar-refractivity contribution is 0.0646. The molecule has 2 N–H and O–H groups in total. The van der Waals surface area contributed by atoms with E-state index < -0.39 is 0 Å². The van der Waals surface area contributed by atoms with Gasteiger partial charge < -0.3 is 20.3 Å². The minimum Gasteiger partial charge on any atom is -0.374 e. The van der Waals surface area contributed by atoms with Gasteiger partial charge in [-0.2, -0.15) is 0 Å². The normalized spacial score (nSPS) is 14.2. The zero-order valence-corrected chi connectivity index (χ0v) is 17.6. The second kappa shape index (κ2) is 11.7. The van der Waals surface area contributed by atoms with Crippen LogP contribution in [-0.4, -0.2) is 51.7 Å². The Morgan fingerprint density at radius 2 is 1.93 bits per heavy atom. The van der Waals surface area contributed by atoms with Crippen LogP contribution in [0.4, 0.5) is 0 Å². The van der Waals surface area contributed by atoms with Crippen LogP contribution in [0.25, 0.3) is 0 Å². The van der Waals surface area contributed by atoms with Gasteiger partial charge >= 0.3 is 0 Å². The number of ether oxygens (including phenoxy) is 1. The summed E-state index contributed by atoms with van der Waals surface area (Å²) in [5.41, 5.74) is 1.21. The van der Waals surface area contributed by atoms with Gasteiger partial charge in [0.2, 0.25) is 0 Å². The van der Waals surface area contributed by atoms with E-state index in [1.807, 2.05) is 18.2 Å². The molecular formula is C21H32N4OS. The molecule has 0 fully saturated rings. The quantitative estimate of drug-likeness (QED) is 0.370. The number of hydrogen-bond acceptors (Lipinski definition) is 4. The Morgan fingerprint density at radius 1 is 1.15 bits per heavy atom. The van der Waals surface area contributed by atoms with Crippen LogP contribution in [0.1, 0.15) is 35.9 Å². The summed E-state index contributed by atoms with van der Waals surface area (Å²) in [6.45, 7) is 4.45. The Kier molecular flexibility index (Phi) is 9.31. The van der Waals surface area contributed by atoms with E-state index in [0.717, 1.165) is 32.1 Å². The van der Waals surface area contributed by atoms with Crippen molar-refractivity contribution in [3.05, 3.63) is 58.3 Å². The van der Waals surface area contributed by atoms with Gasteiger partial charge in [-0.3, -0.25) is 4.99 Å². The highest BCUT2D eigenvalue weighted by Gasteiger charge is 2.15. The molecule has 0 spiro atoms. The molecule has 0 bridgehead atoms. The number of nitrogens with one attached hydrogen (secondary N) is 2. The molecule has 1 heterocycles. The molecule has 1 aromatic carbocycles. The molecule has 0 saturated carbocycles. The monoisotopic (exact) mass is 388 g/mol. The Labute approximate surface area is 167 Å². The van der Waals surface area contributed by atoms with Crippen molar-refractivity contribution < 1.29 is 4.74 Å². The summed E-state index contributed by atoms with van der Waals surface area (Å²) in [5.74, 6) is 0.828. The number of thiophene rings is 1. The predicted octanol–water partition coefficient (Wildman–Crippen LogP) is 3.68. The van der Waals surface area contributed by atoms with Crippen LogP contribution in [0.15, 0.2) is 52.8 Å². The minimum atomic E-state index is 0.121. The van der Waals surface area contributed by atoms with Gasteiger partial charge in [0, 0.05) is 31.6 Å². The van der Waals surface area contributed by atoms with Gasteiger partial charge in [-0.25, -0.2) is 0 Å². The van der Waals surface area contributed by atoms with Crippen molar-refractivity contribution in [2.45, 2.75) is 25.5 Å². The molecule has 0 aliphatic heterocycles. The first-order valence-electron chi connectivity index (χ1n) is 9.42. The molecule has 0 aliphatic rings. The van der Waals surface area contributed by atoms with Crippen molar-refractivity contribution in [3.8, 4) is 0 Å². The molecule has 2 unspecified atom stereocenters. The Bertz CT molecular complexity index is 658. The molecule has 6 heteroatoms. The summed E-state index contributed by atoms with van der Waals surface area (Å²) >= 11 is 1.79. The predicted molar refractivity (Wildman–Crippen MR) is 116 cm³/mol. The van der Waals surface area contributed by atoms with E-state index in [9.17, 15) is 0 Å². The minimum absolute atomic E-state index is 0.121. The number of likely N-dealkylation sites (N-methyl/N-ethyl adjacent to an activating group) is 1. The van der Waals surface area contributed by atoms with Gasteiger partial charge in [0.25, 0.3) is 0 Å². The average molecular weight is 389 g/mol. The number of guanidine groups is 1. The van der Waals surface area contributed by atoms with Crippen LogP contribution in [-0.2, 0) is 4.74 Å². The van der Waals surface area contributed by atoms with Crippen molar-refractivity contribution in [1.29, 1.82) is 0 Å². The lowest BCUT2D eigenvalue weighted by atomic mass is 10.1. The highest BCUT2D eigenvalue weighted by molar-refractivity contribution is 7.10. The zero-order valence-electron chi connectivity index (χ0n) is 16.8. The Morgan fingerprint density at radius 3 is 2.56 bits per heavy atom. The number of hydrogen-bond donors (Lipinski definition) is 2. The summed E-state index contributed by atoms with van der Waals surface area (Å²) < 4.78 is 5.92. The molecule has 2 rings (SSSR count). The van der Waals surface area contributed by atoms with Crippen LogP contribution in [0.2, 0.25) is 0 Å². The van der Waals surface area contributed by atoms with E-state index >= 15 is 0 Å². The fraction of sp³-hybridized carbons (Fsp3) is 0.476. The molecule has 0 aliphatic carbocycles. The van der Waals surface area contributed by atoms with Crippen molar-refractivity contribution in [3.63, 3.8) is 0 Å². The Balaban J connectivity index is 1.66. The molecule has 2 aromatic rings. The third-order valence-electron chi connectivity index (χ3n) is 4.43. The third kappa shape index (κ3) is 7.33. The van der Waals surface area contributed by atoms with Crippen LogP contribution in [0.3, 0.4) is 0 Å². The maximum atomic E-state index is 5.92.